The van der Waals surface area contributed by atoms with Crippen molar-refractivity contribution < 1.29 is 14.7 Å². The van der Waals surface area contributed by atoms with Crippen molar-refractivity contribution >= 4 is 11.9 Å². The molecule has 0 aliphatic heterocycles. The van der Waals surface area contributed by atoms with E-state index in [0.29, 0.717) is 5.92 Å². The van der Waals surface area contributed by atoms with Gasteiger partial charge >= 0.3 is 5.97 Å². The van der Waals surface area contributed by atoms with E-state index in [-0.39, 0.29) is 23.2 Å². The first-order chi connectivity index (χ1) is 8.62. The number of hydrogen-bond donors (Lipinski definition) is 2. The lowest BCUT2D eigenvalue weighted by atomic mass is 9.68. The first kappa shape index (κ1) is 16.0. The second-order valence-corrected chi connectivity index (χ2v) is 7.18. The molecule has 0 aromatic rings. The Kier molecular flexibility index (Phi) is 4.99. The van der Waals surface area contributed by atoms with Crippen LogP contribution in [0.4, 0.5) is 0 Å². The highest BCUT2D eigenvalue weighted by molar-refractivity contribution is 5.85. The molecule has 0 saturated heterocycles. The maximum atomic E-state index is 12.3. The Morgan fingerprint density at radius 3 is 2.26 bits per heavy atom. The molecule has 0 bridgehead atoms. The molecule has 1 rings (SSSR count). The van der Waals surface area contributed by atoms with Crippen molar-refractivity contribution in [2.75, 3.05) is 0 Å². The molecule has 4 nitrogen and oxygen atoms in total. The van der Waals surface area contributed by atoms with Crippen LogP contribution in [-0.4, -0.2) is 23.0 Å². The van der Waals surface area contributed by atoms with Crippen molar-refractivity contribution in [2.45, 2.75) is 59.9 Å². The van der Waals surface area contributed by atoms with E-state index in [4.69, 9.17) is 5.11 Å². The molecule has 110 valence electrons. The Hall–Kier alpha value is -1.06. The van der Waals surface area contributed by atoms with Crippen molar-refractivity contribution in [1.82, 2.24) is 5.32 Å². The van der Waals surface area contributed by atoms with Gasteiger partial charge in [-0.1, -0.05) is 34.6 Å². The molecule has 3 atom stereocenters. The van der Waals surface area contributed by atoms with Crippen molar-refractivity contribution in [3.8, 4) is 0 Å². The molecule has 2 N–H and O–H groups in total. The summed E-state index contributed by atoms with van der Waals surface area (Å²) in [4.78, 5) is 23.4. The van der Waals surface area contributed by atoms with Gasteiger partial charge in [0.05, 0.1) is 0 Å². The lowest BCUT2D eigenvalue weighted by molar-refractivity contribution is -0.144. The van der Waals surface area contributed by atoms with Gasteiger partial charge in [-0.15, -0.1) is 0 Å². The SMILES string of the molecule is CC1CC(C(=O)N[C@@H](C(=O)O)C(C)C)CC(C)(C)C1. The standard InChI is InChI=1S/C15H27NO3/c1-9(2)12(14(18)19)16-13(17)11-6-10(3)7-15(4,5)8-11/h9-12H,6-8H2,1-5H3,(H,16,17)(H,18,19)/t10?,11?,12-/m1/s1. The quantitative estimate of drug-likeness (QED) is 0.824. The van der Waals surface area contributed by atoms with Crippen molar-refractivity contribution in [3.63, 3.8) is 0 Å². The fraction of sp³-hybridized carbons (Fsp3) is 0.867. The third-order valence-corrected chi connectivity index (χ3v) is 3.99. The summed E-state index contributed by atoms with van der Waals surface area (Å²) in [6, 6.07) is -0.784. The van der Waals surface area contributed by atoms with Crippen molar-refractivity contribution in [1.29, 1.82) is 0 Å². The van der Waals surface area contributed by atoms with E-state index in [0.717, 1.165) is 19.3 Å². The molecule has 1 aliphatic rings. The summed E-state index contributed by atoms with van der Waals surface area (Å²) in [5.41, 5.74) is 0.163. The van der Waals surface area contributed by atoms with Crippen molar-refractivity contribution in [3.05, 3.63) is 0 Å². The Bertz CT molecular complexity index is 349. The zero-order chi connectivity index (χ0) is 14.8. The predicted octanol–water partition coefficient (Wildman–Crippen LogP) is 2.67. The summed E-state index contributed by atoms with van der Waals surface area (Å²) >= 11 is 0. The number of rotatable bonds is 4. The summed E-state index contributed by atoms with van der Waals surface area (Å²) in [6.07, 6.45) is 2.83. The number of carboxylic acid groups (broad SMARTS) is 1. The largest absolute Gasteiger partial charge is 0.480 e. The van der Waals surface area contributed by atoms with Crippen LogP contribution in [0.25, 0.3) is 0 Å². The van der Waals surface area contributed by atoms with Crippen LogP contribution in [0.1, 0.15) is 53.9 Å². The highest BCUT2D eigenvalue weighted by Gasteiger charge is 2.37. The molecular formula is C15H27NO3. The van der Waals surface area contributed by atoms with Crippen LogP contribution in [0, 0.1) is 23.2 Å². The minimum absolute atomic E-state index is 0.0562. The highest BCUT2D eigenvalue weighted by Crippen LogP contribution is 2.41. The van der Waals surface area contributed by atoms with E-state index >= 15 is 0 Å². The number of nitrogens with one attached hydrogen (secondary N) is 1. The van der Waals surface area contributed by atoms with E-state index in [1.807, 2.05) is 13.8 Å². The van der Waals surface area contributed by atoms with Gasteiger partial charge in [-0.25, -0.2) is 4.79 Å². The monoisotopic (exact) mass is 269 g/mol. The third kappa shape index (κ3) is 4.51. The second kappa shape index (κ2) is 5.93. The summed E-state index contributed by atoms with van der Waals surface area (Å²) in [5, 5.41) is 11.8. The number of aliphatic carboxylic acids is 1. The van der Waals surface area contributed by atoms with Gasteiger partial charge in [0.25, 0.3) is 0 Å². The predicted molar refractivity (Wildman–Crippen MR) is 74.7 cm³/mol. The number of carbonyl (C=O) groups excluding carboxylic acids is 1. The molecule has 0 radical (unpaired) electrons. The summed E-state index contributed by atoms with van der Waals surface area (Å²) in [5.74, 6) is -0.691. The van der Waals surface area contributed by atoms with Gasteiger partial charge in [-0.3, -0.25) is 4.79 Å². The number of hydrogen-bond acceptors (Lipinski definition) is 2. The number of carbonyl (C=O) groups is 2. The van der Waals surface area contributed by atoms with E-state index in [9.17, 15) is 9.59 Å². The minimum Gasteiger partial charge on any atom is -0.480 e. The number of amides is 1. The Labute approximate surface area is 116 Å². The van der Waals surface area contributed by atoms with E-state index < -0.39 is 12.0 Å². The normalized spacial score (nSPS) is 27.9. The van der Waals surface area contributed by atoms with E-state index in [1.54, 1.807) is 0 Å². The van der Waals surface area contributed by atoms with Crippen LogP contribution < -0.4 is 5.32 Å². The van der Waals surface area contributed by atoms with E-state index in [2.05, 4.69) is 26.1 Å². The van der Waals surface area contributed by atoms with Crippen LogP contribution in [0.3, 0.4) is 0 Å². The van der Waals surface area contributed by atoms with Crippen LogP contribution >= 0.6 is 0 Å². The maximum absolute atomic E-state index is 12.3. The van der Waals surface area contributed by atoms with Crippen molar-refractivity contribution in [2.24, 2.45) is 23.2 Å². The first-order valence-corrected chi connectivity index (χ1v) is 7.15. The van der Waals surface area contributed by atoms with Gasteiger partial charge in [0, 0.05) is 5.92 Å². The Morgan fingerprint density at radius 2 is 1.84 bits per heavy atom. The molecule has 0 aromatic heterocycles. The zero-order valence-electron chi connectivity index (χ0n) is 12.7. The molecule has 2 unspecified atom stereocenters. The van der Waals surface area contributed by atoms with Gasteiger partial charge in [0.15, 0.2) is 0 Å². The molecule has 0 spiro atoms. The summed E-state index contributed by atoms with van der Waals surface area (Å²) in [6.45, 7) is 10.2. The molecule has 4 heteroatoms. The van der Waals surface area contributed by atoms with Gasteiger partial charge in [-0.05, 0) is 36.5 Å². The van der Waals surface area contributed by atoms with Gasteiger partial charge in [-0.2, -0.15) is 0 Å². The van der Waals surface area contributed by atoms with Gasteiger partial charge in [0.1, 0.15) is 6.04 Å². The Morgan fingerprint density at radius 1 is 1.26 bits per heavy atom. The molecule has 0 aromatic carbocycles. The molecule has 1 fully saturated rings. The lowest BCUT2D eigenvalue weighted by Gasteiger charge is -2.38. The second-order valence-electron chi connectivity index (χ2n) is 7.18. The van der Waals surface area contributed by atoms with Gasteiger partial charge < -0.3 is 10.4 Å². The molecule has 19 heavy (non-hydrogen) atoms. The molecular weight excluding hydrogens is 242 g/mol. The Balaban J connectivity index is 2.69. The fourth-order valence-electron chi connectivity index (χ4n) is 3.33. The minimum atomic E-state index is -0.952. The lowest BCUT2D eigenvalue weighted by Crippen LogP contribution is -2.48. The molecule has 0 heterocycles. The van der Waals surface area contributed by atoms with Crippen LogP contribution in [0.15, 0.2) is 0 Å². The maximum Gasteiger partial charge on any atom is 0.326 e. The van der Waals surface area contributed by atoms with Gasteiger partial charge in [0.2, 0.25) is 5.91 Å². The topological polar surface area (TPSA) is 66.4 Å². The molecule has 1 aliphatic carbocycles. The average Bonchev–Trinajstić information content (AvgIpc) is 2.21. The molecule has 1 saturated carbocycles. The molecule has 1 amide bonds. The summed E-state index contributed by atoms with van der Waals surface area (Å²) in [7, 11) is 0. The van der Waals surface area contributed by atoms with Crippen LogP contribution in [0.5, 0.6) is 0 Å². The highest BCUT2D eigenvalue weighted by atomic mass is 16.4. The fourth-order valence-corrected chi connectivity index (χ4v) is 3.33. The zero-order valence-corrected chi connectivity index (χ0v) is 12.7. The average molecular weight is 269 g/mol. The third-order valence-electron chi connectivity index (χ3n) is 3.99. The van der Waals surface area contributed by atoms with Crippen LogP contribution in [0.2, 0.25) is 0 Å². The smallest absolute Gasteiger partial charge is 0.326 e. The van der Waals surface area contributed by atoms with E-state index in [1.165, 1.54) is 0 Å². The van der Waals surface area contributed by atoms with Crippen LogP contribution in [-0.2, 0) is 9.59 Å². The summed E-state index contributed by atoms with van der Waals surface area (Å²) < 4.78 is 0. The first-order valence-electron chi connectivity index (χ1n) is 7.15. The number of carboxylic acids is 1.